The molecule has 0 aliphatic heterocycles. The number of nitrogens with one attached hydrogen (secondary N) is 3. The molecule has 19 heavy (non-hydrogen) atoms. The number of H-pyrrole nitrogens is 2. The number of aromatic amines is 2. The Morgan fingerprint density at radius 2 is 1.84 bits per heavy atom. The van der Waals surface area contributed by atoms with Crippen molar-refractivity contribution < 1.29 is 0 Å². The van der Waals surface area contributed by atoms with Crippen molar-refractivity contribution >= 4 is 11.6 Å². The number of rotatable bonds is 3. The predicted molar refractivity (Wildman–Crippen MR) is 73.2 cm³/mol. The lowest BCUT2D eigenvalue weighted by atomic mass is 9.99. The van der Waals surface area contributed by atoms with Gasteiger partial charge in [-0.3, -0.25) is 5.10 Å². The highest BCUT2D eigenvalue weighted by Gasteiger charge is 2.09. The van der Waals surface area contributed by atoms with Crippen molar-refractivity contribution in [2.75, 3.05) is 5.32 Å². The van der Waals surface area contributed by atoms with Crippen LogP contribution >= 0.6 is 0 Å². The predicted octanol–water partition coefficient (Wildman–Crippen LogP) is 2.56. The van der Waals surface area contributed by atoms with Crippen LogP contribution in [0.15, 0.2) is 30.7 Å². The summed E-state index contributed by atoms with van der Waals surface area (Å²) in [4.78, 5) is 4.05. The van der Waals surface area contributed by atoms with Gasteiger partial charge >= 0.3 is 0 Å². The number of benzene rings is 1. The van der Waals surface area contributed by atoms with E-state index in [-0.39, 0.29) is 0 Å². The molecule has 0 saturated heterocycles. The third-order valence-corrected chi connectivity index (χ3v) is 2.98. The summed E-state index contributed by atoms with van der Waals surface area (Å²) < 4.78 is 0. The third-order valence-electron chi connectivity index (χ3n) is 2.98. The fourth-order valence-electron chi connectivity index (χ4n) is 2.26. The lowest BCUT2D eigenvalue weighted by Crippen LogP contribution is -1.96. The molecular weight excluding hydrogens is 240 g/mol. The van der Waals surface area contributed by atoms with Crippen molar-refractivity contribution in [1.82, 2.24) is 25.4 Å². The zero-order chi connectivity index (χ0) is 13.2. The summed E-state index contributed by atoms with van der Waals surface area (Å²) >= 11 is 0. The van der Waals surface area contributed by atoms with Gasteiger partial charge in [0, 0.05) is 17.4 Å². The molecule has 6 heteroatoms. The molecule has 0 aliphatic rings. The molecule has 6 nitrogen and oxygen atoms in total. The van der Waals surface area contributed by atoms with Gasteiger partial charge in [-0.2, -0.15) is 15.2 Å². The highest BCUT2D eigenvalue weighted by molar-refractivity contribution is 5.72. The summed E-state index contributed by atoms with van der Waals surface area (Å²) in [6.07, 6.45) is 3.23. The normalized spacial score (nSPS) is 10.6. The van der Waals surface area contributed by atoms with Crippen LogP contribution in [0.4, 0.5) is 11.6 Å². The minimum absolute atomic E-state index is 0.632. The van der Waals surface area contributed by atoms with E-state index in [0.29, 0.717) is 5.95 Å². The maximum atomic E-state index is 4.05. The summed E-state index contributed by atoms with van der Waals surface area (Å²) in [5, 5.41) is 16.8. The highest BCUT2D eigenvalue weighted by Crippen LogP contribution is 2.29. The van der Waals surface area contributed by atoms with E-state index < -0.39 is 0 Å². The molecule has 0 spiro atoms. The number of hydrogen-bond acceptors (Lipinski definition) is 4. The van der Waals surface area contributed by atoms with Gasteiger partial charge in [-0.25, -0.2) is 5.10 Å². The van der Waals surface area contributed by atoms with Gasteiger partial charge in [-0.1, -0.05) is 0 Å². The van der Waals surface area contributed by atoms with Crippen molar-refractivity contribution in [2.45, 2.75) is 13.8 Å². The molecule has 2 heterocycles. The van der Waals surface area contributed by atoms with Crippen molar-refractivity contribution in [3.8, 4) is 11.3 Å². The molecule has 0 atom stereocenters. The minimum atomic E-state index is 0.632. The van der Waals surface area contributed by atoms with E-state index in [9.17, 15) is 0 Å². The molecular formula is C13H14N6. The van der Waals surface area contributed by atoms with Gasteiger partial charge in [0.1, 0.15) is 6.33 Å². The molecule has 0 bridgehead atoms. The Balaban J connectivity index is 1.98. The van der Waals surface area contributed by atoms with Crippen LogP contribution in [0.3, 0.4) is 0 Å². The fraction of sp³-hybridized carbons (Fsp3) is 0.154. The van der Waals surface area contributed by atoms with Crippen molar-refractivity contribution in [1.29, 1.82) is 0 Å². The number of nitrogens with zero attached hydrogens (tertiary/aromatic N) is 3. The van der Waals surface area contributed by atoms with Gasteiger partial charge in [0.05, 0.1) is 5.69 Å². The van der Waals surface area contributed by atoms with Gasteiger partial charge in [0.15, 0.2) is 0 Å². The van der Waals surface area contributed by atoms with E-state index in [4.69, 9.17) is 0 Å². The lowest BCUT2D eigenvalue weighted by molar-refractivity contribution is 1.09. The molecule has 2 aromatic heterocycles. The average Bonchev–Trinajstić information content (AvgIpc) is 3.01. The second-order valence-electron chi connectivity index (χ2n) is 4.41. The molecule has 0 aliphatic carbocycles. The van der Waals surface area contributed by atoms with Crippen molar-refractivity contribution in [2.24, 2.45) is 0 Å². The first kappa shape index (κ1) is 11.5. The first-order valence-electron chi connectivity index (χ1n) is 5.97. The van der Waals surface area contributed by atoms with Gasteiger partial charge in [-0.05, 0) is 43.2 Å². The summed E-state index contributed by atoms with van der Waals surface area (Å²) in [5.41, 5.74) is 5.54. The van der Waals surface area contributed by atoms with E-state index in [1.54, 1.807) is 6.20 Å². The molecule has 0 amide bonds. The Hall–Kier alpha value is -2.63. The zero-order valence-corrected chi connectivity index (χ0v) is 10.7. The second-order valence-corrected chi connectivity index (χ2v) is 4.41. The van der Waals surface area contributed by atoms with E-state index in [1.165, 1.54) is 23.0 Å². The van der Waals surface area contributed by atoms with Crippen LogP contribution in [0.2, 0.25) is 0 Å². The van der Waals surface area contributed by atoms with Crippen LogP contribution in [0.25, 0.3) is 11.3 Å². The standard InChI is InChI=1S/C13H14N6/c1-8-5-10(17-13-14-7-16-19-13)6-9(2)12(8)11-3-4-15-18-11/h3-7H,1-2H3,(H,15,18)(H2,14,16,17,19). The molecule has 1 aromatic carbocycles. The largest absolute Gasteiger partial charge is 0.325 e. The van der Waals surface area contributed by atoms with Crippen molar-refractivity contribution in [3.63, 3.8) is 0 Å². The van der Waals surface area contributed by atoms with Gasteiger partial charge < -0.3 is 5.32 Å². The van der Waals surface area contributed by atoms with Crippen LogP contribution in [0.1, 0.15) is 11.1 Å². The topological polar surface area (TPSA) is 82.3 Å². The number of hydrogen-bond donors (Lipinski definition) is 3. The van der Waals surface area contributed by atoms with Crippen LogP contribution in [-0.2, 0) is 0 Å². The Labute approximate surface area is 110 Å². The average molecular weight is 254 g/mol. The van der Waals surface area contributed by atoms with Gasteiger partial charge in [-0.15, -0.1) is 0 Å². The van der Waals surface area contributed by atoms with E-state index in [0.717, 1.165) is 11.4 Å². The van der Waals surface area contributed by atoms with Crippen LogP contribution in [0, 0.1) is 13.8 Å². The first-order chi connectivity index (χ1) is 9.24. The number of aromatic nitrogens is 5. The van der Waals surface area contributed by atoms with Gasteiger partial charge in [0.2, 0.25) is 5.95 Å². The SMILES string of the molecule is Cc1cc(Nc2ncn[nH]2)cc(C)c1-c1ccn[nH]1. The van der Waals surface area contributed by atoms with Crippen LogP contribution < -0.4 is 5.32 Å². The molecule has 3 N–H and O–H groups in total. The summed E-state index contributed by atoms with van der Waals surface area (Å²) in [6.45, 7) is 4.16. The highest BCUT2D eigenvalue weighted by atomic mass is 15.3. The third kappa shape index (κ3) is 2.20. The van der Waals surface area contributed by atoms with E-state index >= 15 is 0 Å². The Morgan fingerprint density at radius 3 is 2.42 bits per heavy atom. The van der Waals surface area contributed by atoms with E-state index in [2.05, 4.69) is 56.7 Å². The zero-order valence-electron chi connectivity index (χ0n) is 10.7. The smallest absolute Gasteiger partial charge is 0.222 e. The molecule has 0 saturated carbocycles. The first-order valence-corrected chi connectivity index (χ1v) is 5.97. The summed E-state index contributed by atoms with van der Waals surface area (Å²) in [6, 6.07) is 6.12. The number of aryl methyl sites for hydroxylation is 2. The molecule has 0 radical (unpaired) electrons. The fourth-order valence-corrected chi connectivity index (χ4v) is 2.26. The van der Waals surface area contributed by atoms with E-state index in [1.807, 2.05) is 6.07 Å². The quantitative estimate of drug-likeness (QED) is 0.670. The monoisotopic (exact) mass is 254 g/mol. The maximum Gasteiger partial charge on any atom is 0.222 e. The summed E-state index contributed by atoms with van der Waals surface area (Å²) in [7, 11) is 0. The Kier molecular flexibility index (Phi) is 2.75. The molecule has 96 valence electrons. The molecule has 3 rings (SSSR count). The minimum Gasteiger partial charge on any atom is -0.325 e. The van der Waals surface area contributed by atoms with Crippen LogP contribution in [-0.4, -0.2) is 25.4 Å². The maximum absolute atomic E-state index is 4.05. The number of anilines is 2. The molecule has 0 unspecified atom stereocenters. The van der Waals surface area contributed by atoms with Crippen molar-refractivity contribution in [3.05, 3.63) is 41.9 Å². The second kappa shape index (κ2) is 4.56. The van der Waals surface area contributed by atoms with Gasteiger partial charge in [0.25, 0.3) is 0 Å². The Morgan fingerprint density at radius 1 is 1.05 bits per heavy atom. The Bertz CT molecular complexity index is 646. The van der Waals surface area contributed by atoms with Crippen LogP contribution in [0.5, 0.6) is 0 Å². The molecule has 3 aromatic rings. The lowest BCUT2D eigenvalue weighted by Gasteiger charge is -2.11. The summed E-state index contributed by atoms with van der Waals surface area (Å²) in [5.74, 6) is 0.632. The molecule has 0 fully saturated rings.